The van der Waals surface area contributed by atoms with Crippen LogP contribution in [0.25, 0.3) is 0 Å². The van der Waals surface area contributed by atoms with Crippen LogP contribution in [0, 0.1) is 5.41 Å². The standard InChI is InChI=1S/C20H30N2O2/c1-15(20(14-24-3)9-11-21-12-10-20)22(16(2)23)19-13-18(19)17-7-5-4-6-8-17/h4-8,15,18-19,21H,9-14H2,1-3H3/t15?,18?,19-/m1/s1. The first kappa shape index (κ1) is 17.4. The molecule has 1 amide bonds. The van der Waals surface area contributed by atoms with Crippen molar-refractivity contribution in [3.05, 3.63) is 35.9 Å². The van der Waals surface area contributed by atoms with E-state index in [0.717, 1.165) is 39.0 Å². The summed E-state index contributed by atoms with van der Waals surface area (Å²) in [6.45, 7) is 6.69. The molecule has 1 aromatic carbocycles. The molecule has 1 saturated heterocycles. The molecule has 2 unspecified atom stereocenters. The first-order valence-corrected chi connectivity index (χ1v) is 9.12. The lowest BCUT2D eigenvalue weighted by atomic mass is 9.73. The average Bonchev–Trinajstić information content (AvgIpc) is 3.37. The molecule has 0 aromatic heterocycles. The highest BCUT2D eigenvalue weighted by Gasteiger charge is 2.50. The predicted octanol–water partition coefficient (Wildman–Crippen LogP) is 2.80. The molecule has 1 saturated carbocycles. The Labute approximate surface area is 145 Å². The summed E-state index contributed by atoms with van der Waals surface area (Å²) in [5.41, 5.74) is 1.42. The highest BCUT2D eigenvalue weighted by atomic mass is 16.5. The number of methoxy groups -OCH3 is 1. The molecule has 1 aliphatic carbocycles. The van der Waals surface area contributed by atoms with Crippen molar-refractivity contribution in [1.82, 2.24) is 10.2 Å². The summed E-state index contributed by atoms with van der Waals surface area (Å²) in [6, 6.07) is 11.1. The second kappa shape index (κ2) is 7.24. The monoisotopic (exact) mass is 330 g/mol. The Balaban J connectivity index is 1.79. The van der Waals surface area contributed by atoms with E-state index in [1.54, 1.807) is 14.0 Å². The molecule has 1 aliphatic heterocycles. The number of carbonyl (C=O) groups excluding carboxylic acids is 1. The Hall–Kier alpha value is -1.39. The quantitative estimate of drug-likeness (QED) is 0.872. The van der Waals surface area contributed by atoms with Crippen molar-refractivity contribution in [3.8, 4) is 0 Å². The largest absolute Gasteiger partial charge is 0.384 e. The van der Waals surface area contributed by atoms with Gasteiger partial charge in [-0.2, -0.15) is 0 Å². The van der Waals surface area contributed by atoms with Crippen molar-refractivity contribution in [3.63, 3.8) is 0 Å². The maximum atomic E-state index is 12.5. The van der Waals surface area contributed by atoms with Crippen LogP contribution in [0.2, 0.25) is 0 Å². The maximum absolute atomic E-state index is 12.5. The van der Waals surface area contributed by atoms with Gasteiger partial charge in [0.2, 0.25) is 5.91 Å². The fraction of sp³-hybridized carbons (Fsp3) is 0.650. The van der Waals surface area contributed by atoms with E-state index in [1.807, 2.05) is 0 Å². The van der Waals surface area contributed by atoms with Crippen molar-refractivity contribution in [2.75, 3.05) is 26.8 Å². The Morgan fingerprint density at radius 2 is 2.00 bits per heavy atom. The minimum atomic E-state index is 0.0650. The lowest BCUT2D eigenvalue weighted by Crippen LogP contribution is -2.55. The molecule has 24 heavy (non-hydrogen) atoms. The molecule has 1 aromatic rings. The molecule has 4 nitrogen and oxygen atoms in total. The van der Waals surface area contributed by atoms with Gasteiger partial charge in [0.1, 0.15) is 0 Å². The number of ether oxygens (including phenoxy) is 1. The normalized spacial score (nSPS) is 26.6. The first-order chi connectivity index (χ1) is 11.6. The fourth-order valence-electron chi connectivity index (χ4n) is 4.53. The van der Waals surface area contributed by atoms with Crippen molar-refractivity contribution in [2.45, 2.75) is 51.1 Å². The van der Waals surface area contributed by atoms with Gasteiger partial charge >= 0.3 is 0 Å². The number of piperidine rings is 1. The topological polar surface area (TPSA) is 41.6 Å². The molecule has 2 aliphatic rings. The lowest BCUT2D eigenvalue weighted by molar-refractivity contribution is -0.137. The van der Waals surface area contributed by atoms with Crippen LogP contribution >= 0.6 is 0 Å². The van der Waals surface area contributed by atoms with Gasteiger partial charge in [-0.3, -0.25) is 4.79 Å². The molecule has 4 heteroatoms. The van der Waals surface area contributed by atoms with Crippen molar-refractivity contribution in [2.24, 2.45) is 5.41 Å². The smallest absolute Gasteiger partial charge is 0.219 e. The van der Waals surface area contributed by atoms with Gasteiger partial charge in [-0.15, -0.1) is 0 Å². The summed E-state index contributed by atoms with van der Waals surface area (Å²) >= 11 is 0. The van der Waals surface area contributed by atoms with E-state index in [4.69, 9.17) is 4.74 Å². The number of nitrogens with zero attached hydrogens (tertiary/aromatic N) is 1. The highest BCUT2D eigenvalue weighted by Crippen LogP contribution is 2.48. The van der Waals surface area contributed by atoms with Gasteiger partial charge in [-0.05, 0) is 44.8 Å². The van der Waals surface area contributed by atoms with Gasteiger partial charge in [-0.1, -0.05) is 30.3 Å². The number of hydrogen-bond donors (Lipinski definition) is 1. The highest BCUT2D eigenvalue weighted by molar-refractivity contribution is 5.75. The van der Waals surface area contributed by atoms with E-state index >= 15 is 0 Å². The van der Waals surface area contributed by atoms with Crippen LogP contribution in [-0.2, 0) is 9.53 Å². The van der Waals surface area contributed by atoms with Gasteiger partial charge in [0.25, 0.3) is 0 Å². The second-order valence-electron chi connectivity index (χ2n) is 7.47. The number of hydrogen-bond acceptors (Lipinski definition) is 3. The Morgan fingerprint density at radius 1 is 1.33 bits per heavy atom. The van der Waals surface area contributed by atoms with E-state index in [9.17, 15) is 4.79 Å². The molecule has 3 rings (SSSR count). The molecule has 0 spiro atoms. The predicted molar refractivity (Wildman–Crippen MR) is 96.0 cm³/mol. The van der Waals surface area contributed by atoms with Crippen LogP contribution in [0.15, 0.2) is 30.3 Å². The lowest BCUT2D eigenvalue weighted by Gasteiger charge is -2.47. The average molecular weight is 330 g/mol. The van der Waals surface area contributed by atoms with Gasteiger partial charge in [-0.25, -0.2) is 0 Å². The van der Waals surface area contributed by atoms with E-state index < -0.39 is 0 Å². The number of benzene rings is 1. The molecule has 1 heterocycles. The van der Waals surface area contributed by atoms with Gasteiger partial charge in [0.05, 0.1) is 6.61 Å². The van der Waals surface area contributed by atoms with Gasteiger partial charge in [0, 0.05) is 37.5 Å². The molecule has 2 fully saturated rings. The van der Waals surface area contributed by atoms with Gasteiger partial charge < -0.3 is 15.0 Å². The molecule has 132 valence electrons. The van der Waals surface area contributed by atoms with Crippen LogP contribution in [0.3, 0.4) is 0 Å². The van der Waals surface area contributed by atoms with Crippen LogP contribution in [0.4, 0.5) is 0 Å². The molecular formula is C20H30N2O2. The molecular weight excluding hydrogens is 300 g/mol. The summed E-state index contributed by atoms with van der Waals surface area (Å²) in [5, 5.41) is 3.44. The van der Waals surface area contributed by atoms with Gasteiger partial charge in [0.15, 0.2) is 0 Å². The molecule has 0 radical (unpaired) electrons. The SMILES string of the molecule is COCC1(C(C)N(C(C)=O)[C@@H]2CC2c2ccccc2)CCNCC1. The summed E-state index contributed by atoms with van der Waals surface area (Å²) in [6.07, 6.45) is 3.21. The Morgan fingerprint density at radius 3 is 2.58 bits per heavy atom. The summed E-state index contributed by atoms with van der Waals surface area (Å²) in [4.78, 5) is 14.7. The van der Waals surface area contributed by atoms with Crippen molar-refractivity contribution < 1.29 is 9.53 Å². The van der Waals surface area contributed by atoms with E-state index in [0.29, 0.717) is 12.0 Å². The molecule has 1 N–H and O–H groups in total. The summed E-state index contributed by atoms with van der Waals surface area (Å²) < 4.78 is 5.58. The van der Waals surface area contributed by atoms with Crippen LogP contribution in [-0.4, -0.2) is 49.7 Å². The third-order valence-electron chi connectivity index (χ3n) is 6.04. The third kappa shape index (κ3) is 3.35. The number of rotatable bonds is 6. The molecule has 0 bridgehead atoms. The first-order valence-electron chi connectivity index (χ1n) is 9.12. The van der Waals surface area contributed by atoms with E-state index in [-0.39, 0.29) is 17.4 Å². The number of nitrogens with one attached hydrogen (secondary N) is 1. The Kier molecular flexibility index (Phi) is 5.26. The number of carbonyl (C=O) groups is 1. The summed E-state index contributed by atoms with van der Waals surface area (Å²) in [5.74, 6) is 0.679. The van der Waals surface area contributed by atoms with E-state index in [2.05, 4.69) is 47.5 Å². The maximum Gasteiger partial charge on any atom is 0.219 e. The van der Waals surface area contributed by atoms with Crippen LogP contribution in [0.1, 0.15) is 44.6 Å². The van der Waals surface area contributed by atoms with Crippen LogP contribution < -0.4 is 5.32 Å². The molecule has 3 atom stereocenters. The summed E-state index contributed by atoms with van der Waals surface area (Å²) in [7, 11) is 1.78. The fourth-order valence-corrected chi connectivity index (χ4v) is 4.53. The minimum absolute atomic E-state index is 0.0650. The van der Waals surface area contributed by atoms with Crippen molar-refractivity contribution >= 4 is 5.91 Å². The third-order valence-corrected chi connectivity index (χ3v) is 6.04. The second-order valence-corrected chi connectivity index (χ2v) is 7.47. The zero-order valence-corrected chi connectivity index (χ0v) is 15.1. The minimum Gasteiger partial charge on any atom is -0.384 e. The zero-order valence-electron chi connectivity index (χ0n) is 15.1. The van der Waals surface area contributed by atoms with Crippen molar-refractivity contribution in [1.29, 1.82) is 0 Å². The van der Waals surface area contributed by atoms with Crippen LogP contribution in [0.5, 0.6) is 0 Å². The zero-order chi connectivity index (χ0) is 17.2. The Bertz CT molecular complexity index is 549. The number of amides is 1. The van der Waals surface area contributed by atoms with E-state index in [1.165, 1.54) is 5.56 Å².